The molecule has 0 aromatic rings. The van der Waals surface area contributed by atoms with Crippen LogP contribution in [-0.4, -0.2) is 47.6 Å². The molecule has 1 rings (SSSR count). The fourth-order valence-corrected chi connectivity index (χ4v) is 3.23. The van der Waals surface area contributed by atoms with Crippen LogP contribution >= 0.6 is 11.8 Å². The minimum atomic E-state index is 0.294. The highest BCUT2D eigenvalue weighted by atomic mass is 32.2. The van der Waals surface area contributed by atoms with Gasteiger partial charge in [0, 0.05) is 24.7 Å². The third kappa shape index (κ3) is 5.62. The number of nitrogens with zero attached hydrogens (tertiary/aromatic N) is 1. The summed E-state index contributed by atoms with van der Waals surface area (Å²) < 4.78 is 0. The van der Waals surface area contributed by atoms with Gasteiger partial charge in [-0.25, -0.2) is 0 Å². The first kappa shape index (κ1) is 15.3. The van der Waals surface area contributed by atoms with E-state index in [2.05, 4.69) is 49.7 Å². The molecule has 102 valence electrons. The molecule has 0 spiro atoms. The molecule has 1 N–H and O–H groups in total. The van der Waals surface area contributed by atoms with Gasteiger partial charge in [-0.3, -0.25) is 4.90 Å². The number of piperazine rings is 1. The largest absolute Gasteiger partial charge is 0.309 e. The van der Waals surface area contributed by atoms with Crippen LogP contribution in [0.2, 0.25) is 0 Å². The summed E-state index contributed by atoms with van der Waals surface area (Å²) in [5.74, 6) is 2.57. The average molecular weight is 258 g/mol. The second-order valence-electron chi connectivity index (χ2n) is 5.73. The van der Waals surface area contributed by atoms with Crippen molar-refractivity contribution in [3.63, 3.8) is 0 Å². The van der Waals surface area contributed by atoms with Gasteiger partial charge in [0.25, 0.3) is 0 Å². The zero-order valence-corrected chi connectivity index (χ0v) is 12.9. The van der Waals surface area contributed by atoms with Gasteiger partial charge >= 0.3 is 0 Å². The highest BCUT2D eigenvalue weighted by molar-refractivity contribution is 7.99. The summed E-state index contributed by atoms with van der Waals surface area (Å²) in [5, 5.41) is 3.68. The summed E-state index contributed by atoms with van der Waals surface area (Å²) in [6.45, 7) is 12.8. The molecular formula is C14H30N2S. The molecule has 1 fully saturated rings. The molecule has 0 amide bonds. The van der Waals surface area contributed by atoms with Crippen LogP contribution in [0.3, 0.4) is 0 Å². The maximum absolute atomic E-state index is 3.68. The van der Waals surface area contributed by atoms with Crippen molar-refractivity contribution in [1.29, 1.82) is 0 Å². The third-order valence-electron chi connectivity index (χ3n) is 3.49. The molecule has 0 aliphatic carbocycles. The van der Waals surface area contributed by atoms with E-state index in [0.29, 0.717) is 5.54 Å². The Bertz CT molecular complexity index is 206. The van der Waals surface area contributed by atoms with Gasteiger partial charge in [0.05, 0.1) is 0 Å². The van der Waals surface area contributed by atoms with Gasteiger partial charge in [-0.2, -0.15) is 11.8 Å². The van der Waals surface area contributed by atoms with Crippen molar-refractivity contribution in [3.8, 4) is 0 Å². The Morgan fingerprint density at radius 3 is 2.76 bits per heavy atom. The molecule has 1 aliphatic heterocycles. The minimum Gasteiger partial charge on any atom is -0.309 e. The van der Waals surface area contributed by atoms with Crippen molar-refractivity contribution in [1.82, 2.24) is 10.2 Å². The molecule has 0 saturated carbocycles. The van der Waals surface area contributed by atoms with Gasteiger partial charge in [0.15, 0.2) is 0 Å². The first-order valence-electron chi connectivity index (χ1n) is 7.16. The molecule has 1 unspecified atom stereocenters. The lowest BCUT2D eigenvalue weighted by atomic mass is 9.96. The van der Waals surface area contributed by atoms with E-state index in [-0.39, 0.29) is 0 Å². The predicted molar refractivity (Wildman–Crippen MR) is 80.0 cm³/mol. The van der Waals surface area contributed by atoms with Crippen molar-refractivity contribution in [3.05, 3.63) is 0 Å². The molecule has 17 heavy (non-hydrogen) atoms. The predicted octanol–water partition coefficient (Wildman–Crippen LogP) is 2.98. The summed E-state index contributed by atoms with van der Waals surface area (Å²) in [7, 11) is 0. The van der Waals surface area contributed by atoms with E-state index in [1.165, 1.54) is 50.4 Å². The molecule has 0 aromatic heterocycles. The molecule has 1 heterocycles. The van der Waals surface area contributed by atoms with Crippen LogP contribution in [0.1, 0.15) is 47.0 Å². The van der Waals surface area contributed by atoms with Crippen molar-refractivity contribution >= 4 is 11.8 Å². The Morgan fingerprint density at radius 1 is 1.35 bits per heavy atom. The van der Waals surface area contributed by atoms with Crippen molar-refractivity contribution in [2.45, 2.75) is 58.5 Å². The Hall–Kier alpha value is 0.270. The fourth-order valence-electron chi connectivity index (χ4n) is 2.61. The highest BCUT2D eigenvalue weighted by Crippen LogP contribution is 2.19. The highest BCUT2D eigenvalue weighted by Gasteiger charge is 2.31. The normalized spacial score (nSPS) is 25.1. The van der Waals surface area contributed by atoms with E-state index in [4.69, 9.17) is 0 Å². The Kier molecular flexibility index (Phi) is 6.90. The first-order valence-corrected chi connectivity index (χ1v) is 8.31. The smallest absolute Gasteiger partial charge is 0.0252 e. The van der Waals surface area contributed by atoms with E-state index in [1.54, 1.807) is 0 Å². The number of thioether (sulfide) groups is 1. The molecular weight excluding hydrogens is 228 g/mol. The molecule has 1 aliphatic rings. The number of rotatable bonds is 7. The lowest BCUT2D eigenvalue weighted by molar-refractivity contribution is 0.0900. The van der Waals surface area contributed by atoms with Crippen LogP contribution in [0.15, 0.2) is 0 Å². The standard InChI is InChI=1S/C14H30N2S/c1-5-8-13-11-15-14(3,4)12-16(13)9-7-10-17-6-2/h13,15H,5-12H2,1-4H3. The number of hydrogen-bond acceptors (Lipinski definition) is 3. The molecule has 1 atom stereocenters. The summed E-state index contributed by atoms with van der Waals surface area (Å²) in [4.78, 5) is 2.72. The van der Waals surface area contributed by atoms with E-state index in [1.807, 2.05) is 0 Å². The van der Waals surface area contributed by atoms with Gasteiger partial charge in [-0.05, 0) is 44.7 Å². The zero-order valence-electron chi connectivity index (χ0n) is 12.1. The molecule has 0 bridgehead atoms. The molecule has 1 saturated heterocycles. The van der Waals surface area contributed by atoms with Crippen LogP contribution in [0, 0.1) is 0 Å². The Balaban J connectivity index is 2.37. The van der Waals surface area contributed by atoms with Gasteiger partial charge in [-0.1, -0.05) is 20.3 Å². The number of nitrogens with one attached hydrogen (secondary N) is 1. The maximum Gasteiger partial charge on any atom is 0.0252 e. The van der Waals surface area contributed by atoms with Crippen molar-refractivity contribution < 1.29 is 0 Å². The van der Waals surface area contributed by atoms with E-state index in [0.717, 1.165) is 6.04 Å². The monoisotopic (exact) mass is 258 g/mol. The Morgan fingerprint density at radius 2 is 2.12 bits per heavy atom. The van der Waals surface area contributed by atoms with Crippen LogP contribution in [-0.2, 0) is 0 Å². The van der Waals surface area contributed by atoms with Gasteiger partial charge in [0.2, 0.25) is 0 Å². The van der Waals surface area contributed by atoms with E-state index < -0.39 is 0 Å². The SMILES string of the molecule is CCCC1CNC(C)(C)CN1CCCSCC. The minimum absolute atomic E-state index is 0.294. The lowest BCUT2D eigenvalue weighted by Crippen LogP contribution is -2.61. The number of hydrogen-bond donors (Lipinski definition) is 1. The third-order valence-corrected chi connectivity index (χ3v) is 4.48. The Labute approximate surface area is 112 Å². The zero-order chi connectivity index (χ0) is 12.7. The maximum atomic E-state index is 3.68. The summed E-state index contributed by atoms with van der Waals surface area (Å²) >= 11 is 2.07. The molecule has 0 aromatic carbocycles. The molecule has 0 radical (unpaired) electrons. The summed E-state index contributed by atoms with van der Waals surface area (Å²) in [6.07, 6.45) is 3.98. The van der Waals surface area contributed by atoms with Crippen LogP contribution in [0.4, 0.5) is 0 Å². The van der Waals surface area contributed by atoms with Crippen LogP contribution in [0.5, 0.6) is 0 Å². The first-order chi connectivity index (χ1) is 8.09. The summed E-state index contributed by atoms with van der Waals surface area (Å²) in [5.41, 5.74) is 0.294. The second-order valence-corrected chi connectivity index (χ2v) is 7.12. The van der Waals surface area contributed by atoms with Crippen molar-refractivity contribution in [2.24, 2.45) is 0 Å². The van der Waals surface area contributed by atoms with E-state index in [9.17, 15) is 0 Å². The molecule has 2 nitrogen and oxygen atoms in total. The topological polar surface area (TPSA) is 15.3 Å². The van der Waals surface area contributed by atoms with Gasteiger partial charge < -0.3 is 5.32 Å². The summed E-state index contributed by atoms with van der Waals surface area (Å²) in [6, 6.07) is 0.764. The van der Waals surface area contributed by atoms with E-state index >= 15 is 0 Å². The van der Waals surface area contributed by atoms with Crippen LogP contribution < -0.4 is 5.32 Å². The lowest BCUT2D eigenvalue weighted by Gasteiger charge is -2.44. The van der Waals surface area contributed by atoms with Crippen LogP contribution in [0.25, 0.3) is 0 Å². The van der Waals surface area contributed by atoms with Crippen molar-refractivity contribution in [2.75, 3.05) is 31.1 Å². The fraction of sp³-hybridized carbons (Fsp3) is 1.00. The van der Waals surface area contributed by atoms with Gasteiger partial charge in [-0.15, -0.1) is 0 Å². The second kappa shape index (κ2) is 7.65. The molecule has 3 heteroatoms. The van der Waals surface area contributed by atoms with Gasteiger partial charge in [0.1, 0.15) is 0 Å². The quantitative estimate of drug-likeness (QED) is 0.707. The average Bonchev–Trinajstić information content (AvgIpc) is 2.27.